The van der Waals surface area contributed by atoms with E-state index in [2.05, 4.69) is 27.7 Å². The molecular weight excluding hydrogens is 264 g/mol. The van der Waals surface area contributed by atoms with E-state index in [0.29, 0.717) is 0 Å². The van der Waals surface area contributed by atoms with Crippen molar-refractivity contribution in [1.29, 1.82) is 0 Å². The lowest BCUT2D eigenvalue weighted by atomic mass is 10.1. The first-order chi connectivity index (χ1) is 9.74. The topological polar surface area (TPSA) is 18.5 Å². The van der Waals surface area contributed by atoms with Gasteiger partial charge in [-0.3, -0.25) is 0 Å². The molecule has 0 saturated carbocycles. The maximum atomic E-state index is 6.16. The van der Waals surface area contributed by atoms with Gasteiger partial charge in [0.25, 0.3) is 0 Å². The molecule has 0 aromatic rings. The third-order valence-electron chi connectivity index (χ3n) is 3.89. The van der Waals surface area contributed by atoms with Crippen molar-refractivity contribution >= 4 is 8.56 Å². The van der Waals surface area contributed by atoms with Crippen LogP contribution in [0.2, 0.25) is 12.1 Å². The second kappa shape index (κ2) is 14.1. The fourth-order valence-electron chi connectivity index (χ4n) is 2.80. The number of hydrogen-bond donors (Lipinski definition) is 0. The van der Waals surface area contributed by atoms with Crippen LogP contribution in [0.1, 0.15) is 85.5 Å². The third kappa shape index (κ3) is 9.95. The minimum atomic E-state index is -1.90. The van der Waals surface area contributed by atoms with Gasteiger partial charge in [-0.15, -0.1) is 0 Å². The Balaban J connectivity index is 4.12. The molecule has 0 aromatic heterocycles. The molecule has 0 aromatic carbocycles. The Morgan fingerprint density at radius 3 is 1.45 bits per heavy atom. The predicted molar refractivity (Wildman–Crippen MR) is 91.5 cm³/mol. The molecule has 0 spiro atoms. The van der Waals surface area contributed by atoms with Crippen LogP contribution in [0.4, 0.5) is 0 Å². The Morgan fingerprint density at radius 1 is 0.550 bits per heavy atom. The van der Waals surface area contributed by atoms with E-state index in [-0.39, 0.29) is 0 Å². The van der Waals surface area contributed by atoms with E-state index in [0.717, 1.165) is 13.2 Å². The maximum absolute atomic E-state index is 6.16. The lowest BCUT2D eigenvalue weighted by Crippen LogP contribution is -2.42. The van der Waals surface area contributed by atoms with Crippen molar-refractivity contribution in [1.82, 2.24) is 0 Å². The summed E-state index contributed by atoms with van der Waals surface area (Å²) in [6, 6.07) is 2.39. The fraction of sp³-hybridized carbons (Fsp3) is 1.00. The lowest BCUT2D eigenvalue weighted by molar-refractivity contribution is 0.180. The normalized spacial score (nSPS) is 12.0. The smallest absolute Gasteiger partial charge is 0.338 e. The summed E-state index contributed by atoms with van der Waals surface area (Å²) in [6.45, 7) is 10.4. The highest BCUT2D eigenvalue weighted by molar-refractivity contribution is 6.67. The van der Waals surface area contributed by atoms with Crippen molar-refractivity contribution in [2.75, 3.05) is 13.2 Å². The van der Waals surface area contributed by atoms with Gasteiger partial charge in [0.15, 0.2) is 0 Å². The number of hydrogen-bond acceptors (Lipinski definition) is 2. The van der Waals surface area contributed by atoms with E-state index in [1.165, 1.54) is 69.9 Å². The summed E-state index contributed by atoms with van der Waals surface area (Å²) < 4.78 is 12.3. The molecule has 2 nitrogen and oxygen atoms in total. The average Bonchev–Trinajstić information content (AvgIpc) is 2.44. The molecule has 0 rings (SSSR count). The van der Waals surface area contributed by atoms with Crippen LogP contribution in [-0.2, 0) is 8.85 Å². The summed E-state index contributed by atoms with van der Waals surface area (Å²) in [5, 5.41) is 0. The average molecular weight is 303 g/mol. The first kappa shape index (κ1) is 20.1. The van der Waals surface area contributed by atoms with Gasteiger partial charge in [-0.1, -0.05) is 71.6 Å². The van der Waals surface area contributed by atoms with Gasteiger partial charge in [0.2, 0.25) is 0 Å². The lowest BCUT2D eigenvalue weighted by Gasteiger charge is -2.30. The van der Waals surface area contributed by atoms with E-state index in [1.54, 1.807) is 0 Å². The molecule has 0 aliphatic rings. The van der Waals surface area contributed by atoms with Gasteiger partial charge in [-0.2, -0.15) is 0 Å². The Kier molecular flexibility index (Phi) is 14.2. The zero-order valence-electron chi connectivity index (χ0n) is 14.5. The minimum Gasteiger partial charge on any atom is -0.394 e. The first-order valence-corrected chi connectivity index (χ1v) is 11.3. The molecule has 0 fully saturated rings. The van der Waals surface area contributed by atoms with Gasteiger partial charge < -0.3 is 8.85 Å². The molecule has 0 atom stereocenters. The molecule has 0 heterocycles. The molecule has 122 valence electrons. The van der Waals surface area contributed by atoms with E-state index in [4.69, 9.17) is 8.85 Å². The molecule has 0 N–H and O–H groups in total. The highest BCUT2D eigenvalue weighted by Crippen LogP contribution is 2.26. The van der Waals surface area contributed by atoms with Crippen LogP contribution < -0.4 is 0 Å². The van der Waals surface area contributed by atoms with E-state index in [1.807, 2.05) is 0 Å². The largest absolute Gasteiger partial charge is 0.394 e. The molecule has 0 aliphatic carbocycles. The highest BCUT2D eigenvalue weighted by atomic mass is 28.4. The molecule has 0 radical (unpaired) electrons. The van der Waals surface area contributed by atoms with Crippen LogP contribution in [0.15, 0.2) is 0 Å². The van der Waals surface area contributed by atoms with Crippen molar-refractivity contribution < 1.29 is 8.85 Å². The van der Waals surface area contributed by atoms with Gasteiger partial charge in [-0.25, -0.2) is 0 Å². The first-order valence-electron chi connectivity index (χ1n) is 9.02. The van der Waals surface area contributed by atoms with Crippen molar-refractivity contribution in [3.63, 3.8) is 0 Å². The summed E-state index contributed by atoms with van der Waals surface area (Å²) >= 11 is 0. The van der Waals surface area contributed by atoms with Crippen LogP contribution in [0.25, 0.3) is 0 Å². The Hall–Kier alpha value is 0.137. The molecule has 3 heteroatoms. The van der Waals surface area contributed by atoms with Gasteiger partial charge in [-0.05, 0) is 25.9 Å². The molecule has 20 heavy (non-hydrogen) atoms. The second-order valence-electron chi connectivity index (χ2n) is 5.75. The zero-order chi connectivity index (χ0) is 15.1. The van der Waals surface area contributed by atoms with Crippen molar-refractivity contribution in [2.24, 2.45) is 0 Å². The van der Waals surface area contributed by atoms with E-state index >= 15 is 0 Å². The van der Waals surface area contributed by atoms with Crippen LogP contribution in [0, 0.1) is 0 Å². The summed E-state index contributed by atoms with van der Waals surface area (Å²) in [5.74, 6) is 0. The number of unbranched alkanes of at least 4 members (excludes halogenated alkanes) is 7. The highest BCUT2D eigenvalue weighted by Gasteiger charge is 2.35. The molecule has 0 aliphatic heterocycles. The minimum absolute atomic E-state index is 0.814. The van der Waals surface area contributed by atoms with Gasteiger partial charge in [0.05, 0.1) is 0 Å². The molecule has 0 amide bonds. The van der Waals surface area contributed by atoms with Crippen LogP contribution >= 0.6 is 0 Å². The van der Waals surface area contributed by atoms with Gasteiger partial charge >= 0.3 is 8.56 Å². The monoisotopic (exact) mass is 302 g/mol. The van der Waals surface area contributed by atoms with E-state index in [9.17, 15) is 0 Å². The molecule has 0 bridgehead atoms. The molecular formula is C17H38O2Si. The van der Waals surface area contributed by atoms with Gasteiger partial charge in [0.1, 0.15) is 0 Å². The summed E-state index contributed by atoms with van der Waals surface area (Å²) in [4.78, 5) is 0. The summed E-state index contributed by atoms with van der Waals surface area (Å²) in [5.41, 5.74) is 0. The van der Waals surface area contributed by atoms with Crippen molar-refractivity contribution in [3.8, 4) is 0 Å². The predicted octanol–water partition coefficient (Wildman–Crippen LogP) is 6.05. The van der Waals surface area contributed by atoms with Crippen molar-refractivity contribution in [3.05, 3.63) is 0 Å². The van der Waals surface area contributed by atoms with E-state index < -0.39 is 8.56 Å². The van der Waals surface area contributed by atoms with Crippen LogP contribution in [0.3, 0.4) is 0 Å². The SMILES string of the molecule is CCCCCCCC[Si](CCCCC)(OCC)OCC. The molecule has 0 saturated heterocycles. The Morgan fingerprint density at radius 2 is 0.950 bits per heavy atom. The maximum Gasteiger partial charge on any atom is 0.338 e. The van der Waals surface area contributed by atoms with Crippen LogP contribution in [-0.4, -0.2) is 21.8 Å². The Labute approximate surface area is 128 Å². The third-order valence-corrected chi connectivity index (χ3v) is 7.75. The zero-order valence-corrected chi connectivity index (χ0v) is 15.5. The molecule has 0 unspecified atom stereocenters. The quantitative estimate of drug-likeness (QED) is 0.271. The summed E-state index contributed by atoms with van der Waals surface area (Å²) in [7, 11) is -1.90. The number of rotatable bonds is 15. The van der Waals surface area contributed by atoms with Crippen molar-refractivity contribution in [2.45, 2.75) is 97.6 Å². The second-order valence-corrected chi connectivity index (χ2v) is 9.15. The Bertz CT molecular complexity index is 191. The standard InChI is InChI=1S/C17H38O2Si/c1-5-9-11-12-13-15-17-20(18-7-3,19-8-4)16-14-10-6-2/h5-17H2,1-4H3. The van der Waals surface area contributed by atoms with Gasteiger partial charge in [0, 0.05) is 13.2 Å². The van der Waals surface area contributed by atoms with Crippen LogP contribution in [0.5, 0.6) is 0 Å². The summed E-state index contributed by atoms with van der Waals surface area (Å²) in [6.07, 6.45) is 12.0. The fourth-order valence-corrected chi connectivity index (χ4v) is 6.34.